The Bertz CT molecular complexity index is 267. The molecule has 2 fully saturated rings. The maximum atomic E-state index is 5.77. The van der Waals surface area contributed by atoms with Gasteiger partial charge in [0.25, 0.3) is 0 Å². The van der Waals surface area contributed by atoms with E-state index in [0.29, 0.717) is 6.61 Å². The first-order valence-electron chi connectivity index (χ1n) is 5.54. The Labute approximate surface area is 91.1 Å². The first-order valence-corrected chi connectivity index (χ1v) is 5.54. The van der Waals surface area contributed by atoms with Crippen LogP contribution in [0.2, 0.25) is 0 Å². The van der Waals surface area contributed by atoms with E-state index >= 15 is 0 Å². The molecule has 0 aromatic carbocycles. The molecular weight excluding hydrogens is 192 g/mol. The van der Waals surface area contributed by atoms with E-state index in [9.17, 15) is 0 Å². The summed E-state index contributed by atoms with van der Waals surface area (Å²) >= 11 is 0. The molecule has 2 aliphatic rings. The van der Waals surface area contributed by atoms with E-state index < -0.39 is 5.79 Å². The van der Waals surface area contributed by atoms with Crippen molar-refractivity contribution in [2.24, 2.45) is 0 Å². The fourth-order valence-corrected chi connectivity index (χ4v) is 2.15. The molecule has 0 unspecified atom stereocenters. The van der Waals surface area contributed by atoms with E-state index in [0.717, 1.165) is 19.3 Å². The molecule has 0 aromatic heterocycles. The van der Waals surface area contributed by atoms with Crippen molar-refractivity contribution in [2.75, 3.05) is 6.61 Å². The van der Waals surface area contributed by atoms with E-state index in [-0.39, 0.29) is 18.3 Å². The second kappa shape index (κ2) is 4.13. The van der Waals surface area contributed by atoms with Crippen LogP contribution in [0.1, 0.15) is 33.1 Å². The van der Waals surface area contributed by atoms with Crippen molar-refractivity contribution in [1.82, 2.24) is 0 Å². The molecule has 0 N–H and O–H groups in total. The molecule has 0 bridgehead atoms. The van der Waals surface area contributed by atoms with Crippen LogP contribution in [-0.2, 0) is 14.2 Å². The Hall–Kier alpha value is -0.560. The average Bonchev–Trinajstić information content (AvgIpc) is 2.59. The zero-order valence-corrected chi connectivity index (χ0v) is 9.36. The van der Waals surface area contributed by atoms with E-state index in [2.05, 4.69) is 5.92 Å². The van der Waals surface area contributed by atoms with Gasteiger partial charge in [0.15, 0.2) is 5.79 Å². The van der Waals surface area contributed by atoms with Gasteiger partial charge in [-0.3, -0.25) is 0 Å². The molecule has 3 heteroatoms. The van der Waals surface area contributed by atoms with Gasteiger partial charge in [-0.05, 0) is 33.1 Å². The Morgan fingerprint density at radius 1 is 1.27 bits per heavy atom. The Balaban J connectivity index is 1.92. The highest BCUT2D eigenvalue weighted by molar-refractivity contribution is 4.98. The minimum atomic E-state index is -0.475. The molecule has 2 saturated heterocycles. The summed E-state index contributed by atoms with van der Waals surface area (Å²) in [6.07, 6.45) is 8.55. The predicted octanol–water partition coefficient (Wildman–Crippen LogP) is 1.71. The summed E-state index contributed by atoms with van der Waals surface area (Å²) in [7, 11) is 0. The first kappa shape index (κ1) is 10.9. The van der Waals surface area contributed by atoms with Gasteiger partial charge in [0, 0.05) is 0 Å². The van der Waals surface area contributed by atoms with E-state index in [1.807, 2.05) is 13.8 Å². The lowest BCUT2D eigenvalue weighted by molar-refractivity contribution is -0.165. The normalized spacial score (nSPS) is 39.9. The molecule has 0 aliphatic carbocycles. The molecule has 0 radical (unpaired) electrons. The van der Waals surface area contributed by atoms with Crippen LogP contribution in [0.3, 0.4) is 0 Å². The molecular formula is C12H18O3. The van der Waals surface area contributed by atoms with E-state index in [1.54, 1.807) is 0 Å². The smallest absolute Gasteiger partial charge is 0.163 e. The zero-order valence-electron chi connectivity index (χ0n) is 9.36. The zero-order chi connectivity index (χ0) is 10.9. The van der Waals surface area contributed by atoms with Crippen LogP contribution in [0.4, 0.5) is 0 Å². The Morgan fingerprint density at radius 2 is 2.07 bits per heavy atom. The van der Waals surface area contributed by atoms with E-state index in [1.165, 1.54) is 0 Å². The maximum absolute atomic E-state index is 5.77. The fraction of sp³-hybridized carbons (Fsp3) is 0.833. The van der Waals surface area contributed by atoms with Gasteiger partial charge < -0.3 is 14.2 Å². The average molecular weight is 210 g/mol. The molecule has 0 amide bonds. The van der Waals surface area contributed by atoms with Gasteiger partial charge in [-0.15, -0.1) is 6.42 Å². The number of ether oxygens (including phenoxy) is 3. The second-order valence-corrected chi connectivity index (χ2v) is 4.63. The van der Waals surface area contributed by atoms with Crippen molar-refractivity contribution in [2.45, 2.75) is 57.2 Å². The summed E-state index contributed by atoms with van der Waals surface area (Å²) in [6.45, 7) is 4.46. The lowest BCUT2D eigenvalue weighted by Crippen LogP contribution is -2.38. The minimum Gasteiger partial charge on any atom is -0.360 e. The van der Waals surface area contributed by atoms with Gasteiger partial charge in [-0.1, -0.05) is 5.92 Å². The quantitative estimate of drug-likeness (QED) is 0.617. The van der Waals surface area contributed by atoms with Gasteiger partial charge in [0.2, 0.25) is 0 Å². The molecule has 0 spiro atoms. The molecule has 0 saturated carbocycles. The van der Waals surface area contributed by atoms with Crippen molar-refractivity contribution < 1.29 is 14.2 Å². The summed E-state index contributed by atoms with van der Waals surface area (Å²) in [4.78, 5) is 0. The third-order valence-electron chi connectivity index (χ3n) is 2.92. The largest absolute Gasteiger partial charge is 0.360 e. The molecule has 3 atom stereocenters. The lowest BCUT2D eigenvalue weighted by Gasteiger charge is -2.30. The summed E-state index contributed by atoms with van der Waals surface area (Å²) in [5, 5.41) is 0. The highest BCUT2D eigenvalue weighted by Crippen LogP contribution is 2.30. The summed E-state index contributed by atoms with van der Waals surface area (Å²) in [6, 6.07) is 0. The Kier molecular flexibility index (Phi) is 3.01. The lowest BCUT2D eigenvalue weighted by atomic mass is 10.0. The topological polar surface area (TPSA) is 27.7 Å². The third kappa shape index (κ3) is 2.52. The first-order chi connectivity index (χ1) is 7.11. The predicted molar refractivity (Wildman–Crippen MR) is 56.2 cm³/mol. The third-order valence-corrected chi connectivity index (χ3v) is 2.92. The molecule has 2 heterocycles. The fourth-order valence-electron chi connectivity index (χ4n) is 2.15. The van der Waals surface area contributed by atoms with Crippen molar-refractivity contribution in [3.8, 4) is 12.3 Å². The van der Waals surface area contributed by atoms with Crippen LogP contribution < -0.4 is 0 Å². The SMILES string of the molecule is C#C[C@H]1CCC[C@@H]([C@H]2COC(C)(C)O2)O1. The number of rotatable bonds is 1. The molecule has 3 nitrogen and oxygen atoms in total. The summed E-state index contributed by atoms with van der Waals surface area (Å²) in [5.74, 6) is 2.18. The summed E-state index contributed by atoms with van der Waals surface area (Å²) < 4.78 is 17.1. The van der Waals surface area contributed by atoms with Gasteiger partial charge >= 0.3 is 0 Å². The monoisotopic (exact) mass is 210 g/mol. The van der Waals surface area contributed by atoms with Gasteiger partial charge in [-0.2, -0.15) is 0 Å². The van der Waals surface area contributed by atoms with Gasteiger partial charge in [0.1, 0.15) is 12.2 Å². The molecule has 15 heavy (non-hydrogen) atoms. The molecule has 2 rings (SSSR count). The van der Waals surface area contributed by atoms with Crippen molar-refractivity contribution >= 4 is 0 Å². The van der Waals surface area contributed by atoms with Gasteiger partial charge in [0.05, 0.1) is 12.7 Å². The van der Waals surface area contributed by atoms with E-state index in [4.69, 9.17) is 20.6 Å². The van der Waals surface area contributed by atoms with Crippen LogP contribution in [-0.4, -0.2) is 30.7 Å². The number of hydrogen-bond donors (Lipinski definition) is 0. The standard InChI is InChI=1S/C12H18O3/c1-4-9-6-5-7-10(14-9)11-8-13-12(2,3)15-11/h1,9-11H,5-8H2,2-3H3/t9-,10-,11+/m0/s1. The van der Waals surface area contributed by atoms with Crippen LogP contribution in [0.5, 0.6) is 0 Å². The van der Waals surface area contributed by atoms with Crippen LogP contribution in [0.25, 0.3) is 0 Å². The number of terminal acetylenes is 1. The van der Waals surface area contributed by atoms with Crippen molar-refractivity contribution in [1.29, 1.82) is 0 Å². The number of hydrogen-bond acceptors (Lipinski definition) is 3. The second-order valence-electron chi connectivity index (χ2n) is 4.63. The maximum Gasteiger partial charge on any atom is 0.163 e. The summed E-state index contributed by atoms with van der Waals surface area (Å²) in [5.41, 5.74) is 0. The van der Waals surface area contributed by atoms with Crippen molar-refractivity contribution in [3.63, 3.8) is 0 Å². The van der Waals surface area contributed by atoms with Gasteiger partial charge in [-0.25, -0.2) is 0 Å². The van der Waals surface area contributed by atoms with Crippen LogP contribution >= 0.6 is 0 Å². The van der Waals surface area contributed by atoms with Crippen LogP contribution in [0, 0.1) is 12.3 Å². The highest BCUT2D eigenvalue weighted by Gasteiger charge is 2.39. The molecule has 84 valence electrons. The highest BCUT2D eigenvalue weighted by atomic mass is 16.7. The molecule has 2 aliphatic heterocycles. The molecule has 0 aromatic rings. The van der Waals surface area contributed by atoms with Crippen molar-refractivity contribution in [3.05, 3.63) is 0 Å². The Morgan fingerprint density at radius 3 is 2.67 bits per heavy atom. The van der Waals surface area contributed by atoms with Crippen LogP contribution in [0.15, 0.2) is 0 Å². The minimum absolute atomic E-state index is 0.0381.